The van der Waals surface area contributed by atoms with Crippen LogP contribution in [0.25, 0.3) is 11.1 Å². The standard InChI is InChI=1S/C32H29N5O6/c1-41-28-13-25-9-8-21(28)16-35-30(38)19-42-24-6-4-5-20(12-24)22-11-23(15-33-14-22)31(39)36-27-17-37(18-29(27)43-25)32(40)26-7-2-3-10-34-26/h2-15,27,29H,16-19H2,1H3,(H,35,38)(H,36,39)/t27-,29-/m0/s1. The zero-order chi connectivity index (χ0) is 29.8. The van der Waals surface area contributed by atoms with Gasteiger partial charge in [-0.3, -0.25) is 24.4 Å². The number of carbonyl (C=O) groups excluding carboxylic acids is 3. The number of hydrogen-bond acceptors (Lipinski definition) is 8. The van der Waals surface area contributed by atoms with Crippen molar-refractivity contribution in [3.05, 3.63) is 102 Å². The maximum Gasteiger partial charge on any atom is 0.272 e. The number of benzene rings is 2. The number of amides is 3. The Bertz CT molecular complexity index is 1660. The van der Waals surface area contributed by atoms with E-state index in [-0.39, 0.29) is 44.0 Å². The second-order valence-corrected chi connectivity index (χ2v) is 10.2. The van der Waals surface area contributed by atoms with Crippen molar-refractivity contribution in [3.8, 4) is 28.4 Å². The van der Waals surface area contributed by atoms with E-state index in [1.54, 1.807) is 78.0 Å². The number of ether oxygens (including phenoxy) is 3. The van der Waals surface area contributed by atoms with Gasteiger partial charge in [0.2, 0.25) is 0 Å². The van der Waals surface area contributed by atoms with E-state index in [0.717, 1.165) is 11.1 Å². The van der Waals surface area contributed by atoms with Crippen LogP contribution < -0.4 is 24.8 Å². The summed E-state index contributed by atoms with van der Waals surface area (Å²) in [6.45, 7) is 0.494. The SMILES string of the molecule is COc1cc2ccc1CNC(=O)COc1cccc(c1)-c1cncc(c1)C(=O)N[C@H]1CN(C(=O)c3ccccn3)C[C@@H]1O2. The Hall–Kier alpha value is -5.45. The molecule has 2 atom stereocenters. The molecule has 4 aromatic rings. The number of rotatable bonds is 2. The quantitative estimate of drug-likeness (QED) is 0.371. The molecule has 43 heavy (non-hydrogen) atoms. The third-order valence-corrected chi connectivity index (χ3v) is 7.31. The number of nitrogens with zero attached hydrogens (tertiary/aromatic N) is 3. The molecule has 3 amide bonds. The number of likely N-dealkylation sites (tertiary alicyclic amines) is 1. The van der Waals surface area contributed by atoms with Crippen molar-refractivity contribution in [3.63, 3.8) is 0 Å². The summed E-state index contributed by atoms with van der Waals surface area (Å²) >= 11 is 0. The van der Waals surface area contributed by atoms with Crippen molar-refractivity contribution in [1.29, 1.82) is 0 Å². The first-order chi connectivity index (χ1) is 21.0. The number of aromatic nitrogens is 2. The molecule has 218 valence electrons. The zero-order valence-electron chi connectivity index (χ0n) is 23.4. The lowest BCUT2D eigenvalue weighted by Crippen LogP contribution is -2.45. The highest BCUT2D eigenvalue weighted by molar-refractivity contribution is 5.96. The topological polar surface area (TPSA) is 132 Å². The van der Waals surface area contributed by atoms with Gasteiger partial charge in [-0.2, -0.15) is 0 Å². The smallest absolute Gasteiger partial charge is 0.272 e. The van der Waals surface area contributed by atoms with Gasteiger partial charge in [-0.25, -0.2) is 0 Å². The molecule has 5 heterocycles. The van der Waals surface area contributed by atoms with E-state index in [1.165, 1.54) is 13.3 Å². The molecule has 2 aromatic carbocycles. The van der Waals surface area contributed by atoms with Crippen molar-refractivity contribution < 1.29 is 28.6 Å². The Balaban J connectivity index is 1.34. The lowest BCUT2D eigenvalue weighted by Gasteiger charge is -2.22. The van der Waals surface area contributed by atoms with E-state index >= 15 is 0 Å². The summed E-state index contributed by atoms with van der Waals surface area (Å²) in [7, 11) is 1.53. The maximum atomic E-state index is 13.5. The van der Waals surface area contributed by atoms with Crippen molar-refractivity contribution in [2.45, 2.75) is 18.7 Å². The molecular weight excluding hydrogens is 550 g/mol. The summed E-state index contributed by atoms with van der Waals surface area (Å²) in [5.74, 6) is 0.598. The molecule has 0 spiro atoms. The van der Waals surface area contributed by atoms with Crippen LogP contribution in [0.2, 0.25) is 0 Å². The Morgan fingerprint density at radius 1 is 0.953 bits per heavy atom. The molecule has 3 aliphatic rings. The number of methoxy groups -OCH3 is 1. The fraction of sp³-hybridized carbons (Fsp3) is 0.219. The van der Waals surface area contributed by atoms with Gasteiger partial charge in [0.1, 0.15) is 29.0 Å². The molecule has 1 fully saturated rings. The van der Waals surface area contributed by atoms with E-state index in [2.05, 4.69) is 20.6 Å². The van der Waals surface area contributed by atoms with Crippen molar-refractivity contribution in [2.75, 3.05) is 26.8 Å². The van der Waals surface area contributed by atoms with Gasteiger partial charge in [0.25, 0.3) is 17.7 Å². The highest BCUT2D eigenvalue weighted by Crippen LogP contribution is 2.28. The van der Waals surface area contributed by atoms with Gasteiger partial charge in [-0.1, -0.05) is 18.2 Å². The molecule has 7 rings (SSSR count). The normalized spacial score (nSPS) is 18.4. The third kappa shape index (κ3) is 6.25. The monoisotopic (exact) mass is 579 g/mol. The molecule has 11 nitrogen and oxygen atoms in total. The predicted molar refractivity (Wildman–Crippen MR) is 156 cm³/mol. The second-order valence-electron chi connectivity index (χ2n) is 10.2. The minimum atomic E-state index is -0.567. The number of hydrogen-bond donors (Lipinski definition) is 2. The van der Waals surface area contributed by atoms with Gasteiger partial charge >= 0.3 is 0 Å². The summed E-state index contributed by atoms with van der Waals surface area (Å²) in [5.41, 5.74) is 2.87. The molecule has 6 bridgehead atoms. The molecule has 0 aliphatic carbocycles. The summed E-state index contributed by atoms with van der Waals surface area (Å²) in [5, 5.41) is 5.91. The molecule has 1 saturated heterocycles. The summed E-state index contributed by atoms with van der Waals surface area (Å²) < 4.78 is 17.7. The number of carbonyl (C=O) groups is 3. The molecule has 0 saturated carbocycles. The minimum absolute atomic E-state index is 0.176. The summed E-state index contributed by atoms with van der Waals surface area (Å²) in [6.07, 6.45) is 4.14. The summed E-state index contributed by atoms with van der Waals surface area (Å²) in [4.78, 5) is 49.4. The Labute approximate surface area is 247 Å². The van der Waals surface area contributed by atoms with Gasteiger partial charge in [-0.05, 0) is 48.0 Å². The molecule has 2 aromatic heterocycles. The van der Waals surface area contributed by atoms with Crippen LogP contribution in [-0.4, -0.2) is 71.5 Å². The van der Waals surface area contributed by atoms with Crippen LogP contribution >= 0.6 is 0 Å². The average Bonchev–Trinajstić information content (AvgIpc) is 3.44. The van der Waals surface area contributed by atoms with Crippen LogP contribution in [0.15, 0.2) is 85.3 Å². The van der Waals surface area contributed by atoms with Gasteiger partial charge in [-0.15, -0.1) is 0 Å². The third-order valence-electron chi connectivity index (χ3n) is 7.31. The van der Waals surface area contributed by atoms with Gasteiger partial charge < -0.3 is 29.7 Å². The van der Waals surface area contributed by atoms with Crippen molar-refractivity contribution in [1.82, 2.24) is 25.5 Å². The lowest BCUT2D eigenvalue weighted by molar-refractivity contribution is -0.123. The highest BCUT2D eigenvalue weighted by Gasteiger charge is 2.39. The zero-order valence-corrected chi connectivity index (χ0v) is 23.4. The van der Waals surface area contributed by atoms with Crippen LogP contribution in [0.1, 0.15) is 26.4 Å². The predicted octanol–water partition coefficient (Wildman–Crippen LogP) is 2.86. The fourth-order valence-corrected chi connectivity index (χ4v) is 5.10. The highest BCUT2D eigenvalue weighted by atomic mass is 16.5. The van der Waals surface area contributed by atoms with Crippen molar-refractivity contribution >= 4 is 17.7 Å². The van der Waals surface area contributed by atoms with E-state index in [0.29, 0.717) is 34.1 Å². The minimum Gasteiger partial charge on any atom is -0.496 e. The Morgan fingerprint density at radius 3 is 2.67 bits per heavy atom. The van der Waals surface area contributed by atoms with Crippen LogP contribution in [0.3, 0.4) is 0 Å². The first kappa shape index (κ1) is 27.7. The number of pyridine rings is 2. The number of nitrogens with one attached hydrogen (secondary N) is 2. The van der Waals surface area contributed by atoms with Crippen molar-refractivity contribution in [2.24, 2.45) is 0 Å². The van der Waals surface area contributed by atoms with Gasteiger partial charge in [0, 0.05) is 48.9 Å². The van der Waals surface area contributed by atoms with Crippen LogP contribution in [-0.2, 0) is 11.3 Å². The first-order valence-corrected chi connectivity index (χ1v) is 13.8. The second kappa shape index (κ2) is 12.2. The molecular formula is C32H29N5O6. The molecule has 3 aliphatic heterocycles. The largest absolute Gasteiger partial charge is 0.496 e. The van der Waals surface area contributed by atoms with Crippen LogP contribution in [0, 0.1) is 0 Å². The van der Waals surface area contributed by atoms with E-state index in [4.69, 9.17) is 14.2 Å². The fourth-order valence-electron chi connectivity index (χ4n) is 5.10. The molecule has 11 heteroatoms. The average molecular weight is 580 g/mol. The Morgan fingerprint density at radius 2 is 1.84 bits per heavy atom. The maximum absolute atomic E-state index is 13.5. The van der Waals surface area contributed by atoms with E-state index in [9.17, 15) is 14.4 Å². The molecule has 2 N–H and O–H groups in total. The number of fused-ring (bicyclic) bond motifs is 7. The Kier molecular flexibility index (Phi) is 7.86. The van der Waals surface area contributed by atoms with Gasteiger partial charge in [0.15, 0.2) is 6.61 Å². The van der Waals surface area contributed by atoms with Gasteiger partial charge in [0.05, 0.1) is 25.3 Å². The van der Waals surface area contributed by atoms with Crippen LogP contribution in [0.4, 0.5) is 0 Å². The summed E-state index contributed by atoms with van der Waals surface area (Å²) in [6, 6.07) is 18.9. The molecule has 0 radical (unpaired) electrons. The van der Waals surface area contributed by atoms with E-state index < -0.39 is 12.1 Å². The van der Waals surface area contributed by atoms with E-state index in [1.807, 2.05) is 6.07 Å². The molecule has 0 unspecified atom stereocenters. The van der Waals surface area contributed by atoms with Crippen LogP contribution in [0.5, 0.6) is 17.2 Å². The first-order valence-electron chi connectivity index (χ1n) is 13.8. The lowest BCUT2D eigenvalue weighted by atomic mass is 10.1.